The van der Waals surface area contributed by atoms with Crippen LogP contribution in [0.25, 0.3) is 0 Å². The number of benzene rings is 1. The van der Waals surface area contributed by atoms with E-state index in [2.05, 4.69) is 59.4 Å². The Balaban J connectivity index is 1.50. The number of likely N-dealkylation sites (tertiary alicyclic amines) is 2. The van der Waals surface area contributed by atoms with Crippen LogP contribution in [0.5, 0.6) is 0 Å². The van der Waals surface area contributed by atoms with Crippen LogP contribution in [0.3, 0.4) is 0 Å². The van der Waals surface area contributed by atoms with Crippen LogP contribution in [0, 0.1) is 0 Å². The van der Waals surface area contributed by atoms with Crippen LogP contribution in [0.2, 0.25) is 0 Å². The van der Waals surface area contributed by atoms with Gasteiger partial charge in [-0.15, -0.1) is 0 Å². The van der Waals surface area contributed by atoms with Crippen molar-refractivity contribution >= 4 is 0 Å². The Kier molecular flexibility index (Phi) is 4.94. The highest BCUT2D eigenvalue weighted by molar-refractivity contribution is 5.15. The third-order valence-electron chi connectivity index (χ3n) is 5.28. The zero-order chi connectivity index (χ0) is 14.7. The molecule has 2 aliphatic heterocycles. The van der Waals surface area contributed by atoms with Crippen LogP contribution in [-0.2, 0) is 6.54 Å². The smallest absolute Gasteiger partial charge is 0.0237 e. The van der Waals surface area contributed by atoms with Crippen molar-refractivity contribution in [3.63, 3.8) is 0 Å². The van der Waals surface area contributed by atoms with Crippen LogP contribution in [-0.4, -0.2) is 54.6 Å². The van der Waals surface area contributed by atoms with Crippen molar-refractivity contribution in [2.45, 2.75) is 50.9 Å². The molecule has 0 radical (unpaired) electrons. The normalized spacial score (nSPS) is 29.0. The highest BCUT2D eigenvalue weighted by Crippen LogP contribution is 2.22. The topological polar surface area (TPSA) is 18.5 Å². The standard InChI is InChI=1S/C18H29N3/c1-15-18(19-17-8-11-20(2)12-9-17)10-13-21(15)14-16-6-4-3-5-7-16/h3-7,15,17-19H,8-14H2,1-2H3. The maximum absolute atomic E-state index is 3.94. The predicted molar refractivity (Wildman–Crippen MR) is 88.4 cm³/mol. The second-order valence-electron chi connectivity index (χ2n) is 6.84. The fourth-order valence-corrected chi connectivity index (χ4v) is 3.75. The van der Waals surface area contributed by atoms with E-state index in [1.807, 2.05) is 0 Å². The minimum Gasteiger partial charge on any atom is -0.310 e. The van der Waals surface area contributed by atoms with E-state index >= 15 is 0 Å². The monoisotopic (exact) mass is 287 g/mol. The van der Waals surface area contributed by atoms with Gasteiger partial charge in [0.2, 0.25) is 0 Å². The summed E-state index contributed by atoms with van der Waals surface area (Å²) in [5, 5.41) is 3.94. The molecule has 0 bridgehead atoms. The van der Waals surface area contributed by atoms with Gasteiger partial charge in [0, 0.05) is 31.2 Å². The zero-order valence-corrected chi connectivity index (χ0v) is 13.5. The van der Waals surface area contributed by atoms with E-state index in [1.54, 1.807) is 0 Å². The van der Waals surface area contributed by atoms with E-state index < -0.39 is 0 Å². The Morgan fingerprint density at radius 1 is 1.05 bits per heavy atom. The van der Waals surface area contributed by atoms with E-state index in [0.717, 1.165) is 12.6 Å². The second kappa shape index (κ2) is 6.91. The lowest BCUT2D eigenvalue weighted by Crippen LogP contribution is -2.48. The number of hydrogen-bond donors (Lipinski definition) is 1. The van der Waals surface area contributed by atoms with Gasteiger partial charge in [-0.3, -0.25) is 4.90 Å². The lowest BCUT2D eigenvalue weighted by Gasteiger charge is -2.33. The number of hydrogen-bond acceptors (Lipinski definition) is 3. The van der Waals surface area contributed by atoms with E-state index in [4.69, 9.17) is 0 Å². The van der Waals surface area contributed by atoms with E-state index in [9.17, 15) is 0 Å². The molecule has 0 saturated carbocycles. The Morgan fingerprint density at radius 3 is 2.48 bits per heavy atom. The molecule has 0 amide bonds. The van der Waals surface area contributed by atoms with Gasteiger partial charge in [0.05, 0.1) is 0 Å². The second-order valence-corrected chi connectivity index (χ2v) is 6.84. The van der Waals surface area contributed by atoms with Gasteiger partial charge in [-0.2, -0.15) is 0 Å². The molecule has 2 unspecified atom stereocenters. The lowest BCUT2D eigenvalue weighted by molar-refractivity contribution is 0.201. The highest BCUT2D eigenvalue weighted by atomic mass is 15.2. The largest absolute Gasteiger partial charge is 0.310 e. The third-order valence-corrected chi connectivity index (χ3v) is 5.28. The molecule has 2 heterocycles. The molecule has 2 fully saturated rings. The Bertz CT molecular complexity index is 425. The van der Waals surface area contributed by atoms with Crippen molar-refractivity contribution < 1.29 is 0 Å². The summed E-state index contributed by atoms with van der Waals surface area (Å²) < 4.78 is 0. The van der Waals surface area contributed by atoms with Crippen LogP contribution < -0.4 is 5.32 Å². The molecular formula is C18H29N3. The van der Waals surface area contributed by atoms with Crippen molar-refractivity contribution in [1.82, 2.24) is 15.1 Å². The molecule has 0 aromatic heterocycles. The van der Waals surface area contributed by atoms with Gasteiger partial charge in [0.15, 0.2) is 0 Å². The zero-order valence-electron chi connectivity index (χ0n) is 13.5. The summed E-state index contributed by atoms with van der Waals surface area (Å²) in [7, 11) is 2.23. The average molecular weight is 287 g/mol. The molecule has 1 N–H and O–H groups in total. The number of rotatable bonds is 4. The first kappa shape index (κ1) is 15.0. The van der Waals surface area contributed by atoms with Gasteiger partial charge < -0.3 is 10.2 Å². The summed E-state index contributed by atoms with van der Waals surface area (Å²) in [5.74, 6) is 0. The summed E-state index contributed by atoms with van der Waals surface area (Å²) in [5.41, 5.74) is 1.43. The summed E-state index contributed by atoms with van der Waals surface area (Å²) in [6, 6.07) is 12.9. The summed E-state index contributed by atoms with van der Waals surface area (Å²) >= 11 is 0. The fourth-order valence-electron chi connectivity index (χ4n) is 3.75. The molecule has 3 heteroatoms. The van der Waals surface area contributed by atoms with Crippen LogP contribution in [0.15, 0.2) is 30.3 Å². The summed E-state index contributed by atoms with van der Waals surface area (Å²) in [6.07, 6.45) is 3.90. The van der Waals surface area contributed by atoms with Gasteiger partial charge in [-0.25, -0.2) is 0 Å². The molecule has 1 aromatic rings. The summed E-state index contributed by atoms with van der Waals surface area (Å²) in [4.78, 5) is 5.07. The molecule has 0 aliphatic carbocycles. The molecule has 21 heavy (non-hydrogen) atoms. The van der Waals surface area contributed by atoms with Crippen LogP contribution in [0.4, 0.5) is 0 Å². The molecule has 116 valence electrons. The molecular weight excluding hydrogens is 258 g/mol. The maximum atomic E-state index is 3.94. The Hall–Kier alpha value is -0.900. The SMILES string of the molecule is CC1C(NC2CCN(C)CC2)CCN1Cc1ccccc1. The maximum Gasteiger partial charge on any atom is 0.0237 e. The number of nitrogens with zero attached hydrogens (tertiary/aromatic N) is 2. The molecule has 2 saturated heterocycles. The van der Waals surface area contributed by atoms with Crippen molar-refractivity contribution in [3.8, 4) is 0 Å². The Morgan fingerprint density at radius 2 is 1.76 bits per heavy atom. The fraction of sp³-hybridized carbons (Fsp3) is 0.667. The number of piperidine rings is 1. The van der Waals surface area contributed by atoms with Crippen molar-refractivity contribution in [3.05, 3.63) is 35.9 Å². The Labute approximate surface area is 129 Å². The molecule has 1 aromatic carbocycles. The first-order valence-electron chi connectivity index (χ1n) is 8.45. The van der Waals surface area contributed by atoms with E-state index in [0.29, 0.717) is 12.1 Å². The van der Waals surface area contributed by atoms with Gasteiger partial charge in [-0.1, -0.05) is 30.3 Å². The molecule has 2 aliphatic rings. The highest BCUT2D eigenvalue weighted by Gasteiger charge is 2.32. The quantitative estimate of drug-likeness (QED) is 0.917. The van der Waals surface area contributed by atoms with E-state index in [-0.39, 0.29) is 0 Å². The number of nitrogens with one attached hydrogen (secondary N) is 1. The van der Waals surface area contributed by atoms with Crippen molar-refractivity contribution in [2.24, 2.45) is 0 Å². The van der Waals surface area contributed by atoms with Gasteiger partial charge in [0.25, 0.3) is 0 Å². The van der Waals surface area contributed by atoms with Crippen LogP contribution >= 0.6 is 0 Å². The minimum atomic E-state index is 0.643. The molecule has 2 atom stereocenters. The van der Waals surface area contributed by atoms with Gasteiger partial charge in [-0.05, 0) is 51.9 Å². The summed E-state index contributed by atoms with van der Waals surface area (Å²) in [6.45, 7) is 7.19. The first-order valence-corrected chi connectivity index (χ1v) is 8.45. The van der Waals surface area contributed by atoms with Gasteiger partial charge >= 0.3 is 0 Å². The third kappa shape index (κ3) is 3.85. The molecule has 3 rings (SSSR count). The average Bonchev–Trinajstić information content (AvgIpc) is 2.84. The molecule has 3 nitrogen and oxygen atoms in total. The van der Waals surface area contributed by atoms with E-state index in [1.165, 1.54) is 44.5 Å². The van der Waals surface area contributed by atoms with Crippen molar-refractivity contribution in [2.75, 3.05) is 26.7 Å². The van der Waals surface area contributed by atoms with Crippen LogP contribution in [0.1, 0.15) is 31.7 Å². The predicted octanol–water partition coefficient (Wildman–Crippen LogP) is 2.33. The minimum absolute atomic E-state index is 0.643. The van der Waals surface area contributed by atoms with Gasteiger partial charge in [0.1, 0.15) is 0 Å². The lowest BCUT2D eigenvalue weighted by atomic mass is 10.0. The first-order chi connectivity index (χ1) is 10.2. The van der Waals surface area contributed by atoms with Crippen molar-refractivity contribution in [1.29, 1.82) is 0 Å². The molecule has 0 spiro atoms.